The van der Waals surface area contributed by atoms with Gasteiger partial charge in [0, 0.05) is 34.4 Å². The number of nitriles is 2. The lowest BCUT2D eigenvalue weighted by Crippen LogP contribution is -2.37. The fourth-order valence-electron chi connectivity index (χ4n) is 4.64. The molecule has 4 aromatic rings. The van der Waals surface area contributed by atoms with Crippen LogP contribution in [-0.2, 0) is 11.3 Å². The number of nitrogens with one attached hydrogen (secondary N) is 2. The van der Waals surface area contributed by atoms with Gasteiger partial charge < -0.3 is 15.7 Å². The van der Waals surface area contributed by atoms with E-state index in [4.69, 9.17) is 11.6 Å². The molecule has 9 nitrogen and oxygen atoms in total. The van der Waals surface area contributed by atoms with Crippen LogP contribution in [0.4, 0.5) is 20.2 Å². The minimum absolute atomic E-state index is 0.0638. The fraction of sp³-hybridized carbons (Fsp3) is 0.345. The number of aliphatic hydroxyl groups is 1. The van der Waals surface area contributed by atoms with Gasteiger partial charge in [-0.1, -0.05) is 55.8 Å². The molecule has 2 aromatic carbocycles. The highest BCUT2D eigenvalue weighted by Gasteiger charge is 2.54. The Labute approximate surface area is 240 Å². The Balaban J connectivity index is 1.67. The zero-order chi connectivity index (χ0) is 29.6. The largest absolute Gasteiger partial charge is 0.383 e. The number of hydrogen-bond donors (Lipinski definition) is 3. The summed E-state index contributed by atoms with van der Waals surface area (Å²) in [5, 5.41) is 47.0. The molecule has 1 aliphatic rings. The van der Waals surface area contributed by atoms with Crippen LogP contribution >= 0.6 is 11.6 Å². The molecule has 0 bridgehead atoms. The molecule has 41 heavy (non-hydrogen) atoms. The second-order valence-electron chi connectivity index (χ2n) is 11.4. The van der Waals surface area contributed by atoms with Crippen molar-refractivity contribution < 1.29 is 13.9 Å². The van der Waals surface area contributed by atoms with Crippen molar-refractivity contribution >= 4 is 33.9 Å². The molecule has 12 heteroatoms. The summed E-state index contributed by atoms with van der Waals surface area (Å²) in [7, 11) is 0. The van der Waals surface area contributed by atoms with Crippen molar-refractivity contribution in [2.75, 3.05) is 17.2 Å². The molecule has 1 unspecified atom stereocenters. The summed E-state index contributed by atoms with van der Waals surface area (Å²) in [6.45, 7) is 6.65. The second-order valence-corrected chi connectivity index (χ2v) is 11.8. The summed E-state index contributed by atoms with van der Waals surface area (Å²) in [4.78, 5) is 4.36. The maximum atomic E-state index is 13.8. The zero-order valence-electron chi connectivity index (χ0n) is 22.6. The van der Waals surface area contributed by atoms with Crippen LogP contribution in [0.5, 0.6) is 0 Å². The zero-order valence-corrected chi connectivity index (χ0v) is 23.3. The maximum absolute atomic E-state index is 13.8. The monoisotopic (exact) mass is 576 g/mol. The third-order valence-corrected chi connectivity index (χ3v) is 7.42. The van der Waals surface area contributed by atoms with Crippen LogP contribution in [0.1, 0.15) is 56.0 Å². The molecule has 1 saturated carbocycles. The van der Waals surface area contributed by atoms with Gasteiger partial charge in [-0.05, 0) is 36.5 Å². The van der Waals surface area contributed by atoms with E-state index in [1.807, 2.05) is 20.8 Å². The van der Waals surface area contributed by atoms with Crippen LogP contribution in [0.15, 0.2) is 48.8 Å². The van der Waals surface area contributed by atoms with Gasteiger partial charge in [-0.15, -0.1) is 5.10 Å². The average molecular weight is 577 g/mol. The number of hydrogen-bond acceptors (Lipinski definition) is 8. The first-order valence-electron chi connectivity index (χ1n) is 12.9. The Morgan fingerprint density at radius 1 is 1.15 bits per heavy atom. The highest BCUT2D eigenvalue weighted by molar-refractivity contribution is 6.31. The number of rotatable bonds is 8. The summed E-state index contributed by atoms with van der Waals surface area (Å²) >= 11 is 6.50. The molecule has 0 radical (unpaired) electrons. The third-order valence-electron chi connectivity index (χ3n) is 7.09. The van der Waals surface area contributed by atoms with Crippen molar-refractivity contribution in [3.63, 3.8) is 0 Å². The Morgan fingerprint density at radius 2 is 1.85 bits per heavy atom. The van der Waals surface area contributed by atoms with Crippen LogP contribution in [0, 0.1) is 28.1 Å². The minimum Gasteiger partial charge on any atom is -0.383 e. The van der Waals surface area contributed by atoms with Crippen LogP contribution in [0.25, 0.3) is 10.9 Å². The van der Waals surface area contributed by atoms with Gasteiger partial charge in [0.1, 0.15) is 23.4 Å². The average Bonchev–Trinajstić information content (AvgIpc) is 3.59. The number of aromatic nitrogens is 4. The minimum atomic E-state index is -2.65. The number of alkyl halides is 2. The Morgan fingerprint density at radius 3 is 2.46 bits per heavy atom. The predicted octanol–water partition coefficient (Wildman–Crippen LogP) is 5.74. The SMILES string of the molecule is CC(C)(C)CNc1c(C#N)cnc2c(C#N)cc(NC(O)(c3cn(C4(C(F)F)CC4)nn3)c3ccccc3Cl)cc12. The third kappa shape index (κ3) is 5.15. The predicted molar refractivity (Wildman–Crippen MR) is 150 cm³/mol. The van der Waals surface area contributed by atoms with Gasteiger partial charge in [0.25, 0.3) is 6.43 Å². The number of halogens is 3. The molecule has 0 saturated heterocycles. The van der Waals surface area contributed by atoms with Crippen molar-refractivity contribution in [3.8, 4) is 12.1 Å². The molecule has 3 N–H and O–H groups in total. The van der Waals surface area contributed by atoms with Gasteiger partial charge in [0.2, 0.25) is 5.72 Å². The summed E-state index contributed by atoms with van der Waals surface area (Å²) in [6, 6.07) is 13.9. The van der Waals surface area contributed by atoms with E-state index in [-0.39, 0.29) is 51.4 Å². The van der Waals surface area contributed by atoms with Crippen LogP contribution in [0.3, 0.4) is 0 Å². The van der Waals surface area contributed by atoms with Gasteiger partial charge >= 0.3 is 0 Å². The molecule has 2 heterocycles. The van der Waals surface area contributed by atoms with E-state index in [1.54, 1.807) is 30.3 Å². The first-order valence-corrected chi connectivity index (χ1v) is 13.3. The van der Waals surface area contributed by atoms with Crippen LogP contribution in [-0.4, -0.2) is 38.1 Å². The molecular formula is C29H27ClF2N8O. The van der Waals surface area contributed by atoms with Crippen molar-refractivity contribution in [1.29, 1.82) is 10.5 Å². The Kier molecular flexibility index (Phi) is 7.06. The molecule has 0 aliphatic heterocycles. The molecular weight excluding hydrogens is 550 g/mol. The number of benzene rings is 2. The standard InChI is InChI=1S/C29H27ClF2N8O/c1-27(2,3)16-36-25-18(13-34)14-35-24-17(12-33)10-19(11-20(24)25)37-29(41,21-6-4-5-7-22(21)30)23-15-40(39-38-23)28(8-9-28)26(31)32/h4-7,10-11,14-15,26,37,41H,8-9,16H2,1-3H3,(H,35,36). The van der Waals surface area contributed by atoms with Gasteiger partial charge in [-0.2, -0.15) is 10.5 Å². The molecule has 2 aromatic heterocycles. The normalized spacial score (nSPS) is 15.7. The van der Waals surface area contributed by atoms with E-state index in [9.17, 15) is 24.4 Å². The van der Waals surface area contributed by atoms with Crippen molar-refractivity contribution in [3.05, 3.63) is 76.2 Å². The molecule has 1 fully saturated rings. The van der Waals surface area contributed by atoms with E-state index in [1.165, 1.54) is 18.5 Å². The lowest BCUT2D eigenvalue weighted by atomic mass is 9.96. The number of anilines is 2. The summed E-state index contributed by atoms with van der Waals surface area (Å²) < 4.78 is 28.7. The molecule has 0 spiro atoms. The van der Waals surface area contributed by atoms with E-state index in [2.05, 4.69) is 38.1 Å². The quantitative estimate of drug-likeness (QED) is 0.226. The fourth-order valence-corrected chi connectivity index (χ4v) is 4.92. The van der Waals surface area contributed by atoms with Crippen molar-refractivity contribution in [1.82, 2.24) is 20.0 Å². The molecule has 0 amide bonds. The van der Waals surface area contributed by atoms with Gasteiger partial charge in [-0.3, -0.25) is 4.98 Å². The van der Waals surface area contributed by atoms with Gasteiger partial charge in [0.15, 0.2) is 0 Å². The van der Waals surface area contributed by atoms with Crippen LogP contribution < -0.4 is 10.6 Å². The van der Waals surface area contributed by atoms with E-state index in [0.717, 1.165) is 4.68 Å². The van der Waals surface area contributed by atoms with Crippen LogP contribution in [0.2, 0.25) is 5.02 Å². The lowest BCUT2D eigenvalue weighted by Gasteiger charge is -2.30. The molecule has 1 atom stereocenters. The van der Waals surface area contributed by atoms with E-state index >= 15 is 0 Å². The Bertz CT molecular complexity index is 1710. The molecule has 1 aliphatic carbocycles. The van der Waals surface area contributed by atoms with E-state index in [0.29, 0.717) is 23.1 Å². The van der Waals surface area contributed by atoms with Crippen molar-refractivity contribution in [2.24, 2.45) is 5.41 Å². The van der Waals surface area contributed by atoms with Gasteiger partial charge in [-0.25, -0.2) is 13.5 Å². The first-order chi connectivity index (χ1) is 19.4. The van der Waals surface area contributed by atoms with Gasteiger partial charge in [0.05, 0.1) is 28.5 Å². The smallest absolute Gasteiger partial charge is 0.263 e. The maximum Gasteiger partial charge on any atom is 0.263 e. The number of nitrogens with zero attached hydrogens (tertiary/aromatic N) is 6. The summed E-state index contributed by atoms with van der Waals surface area (Å²) in [5.74, 6) is 0. The van der Waals surface area contributed by atoms with Crippen molar-refractivity contribution in [2.45, 2.75) is 51.3 Å². The topological polar surface area (TPSA) is 135 Å². The number of fused-ring (bicyclic) bond motifs is 1. The summed E-state index contributed by atoms with van der Waals surface area (Å²) in [6.07, 6.45) is 0.516. The molecule has 210 valence electrons. The highest BCUT2D eigenvalue weighted by Crippen LogP contribution is 2.48. The Hall–Kier alpha value is -4.32. The summed E-state index contributed by atoms with van der Waals surface area (Å²) in [5.41, 5.74) is -1.97. The second kappa shape index (κ2) is 10.3. The first kappa shape index (κ1) is 28.2. The van der Waals surface area contributed by atoms with E-state index < -0.39 is 17.7 Å². The lowest BCUT2D eigenvalue weighted by molar-refractivity contribution is 0.0591. The highest BCUT2D eigenvalue weighted by atomic mass is 35.5. The number of pyridine rings is 1. The molecule has 5 rings (SSSR count).